The molecule has 1 aromatic rings. The van der Waals surface area contributed by atoms with Crippen molar-refractivity contribution in [3.8, 4) is 0 Å². The average molecular weight is 255 g/mol. The highest BCUT2D eigenvalue weighted by Gasteiger charge is 2.14. The normalized spacial score (nSPS) is 11.1. The fourth-order valence-electron chi connectivity index (χ4n) is 0.933. The summed E-state index contributed by atoms with van der Waals surface area (Å²) in [6, 6.07) is 0. The number of nitrogens with zero attached hydrogens (tertiary/aromatic N) is 2. The summed E-state index contributed by atoms with van der Waals surface area (Å²) < 4.78 is 26.9. The van der Waals surface area contributed by atoms with E-state index in [0.29, 0.717) is 6.54 Å². The van der Waals surface area contributed by atoms with Crippen molar-refractivity contribution in [3.05, 3.63) is 12.4 Å². The zero-order chi connectivity index (χ0) is 10.6. The molecule has 0 atom stereocenters. The molecule has 0 saturated heterocycles. The van der Waals surface area contributed by atoms with Crippen molar-refractivity contribution in [3.63, 3.8) is 0 Å². The van der Waals surface area contributed by atoms with Crippen molar-refractivity contribution < 1.29 is 8.42 Å². The molecule has 1 aromatic heterocycles. The van der Waals surface area contributed by atoms with Crippen molar-refractivity contribution in [1.82, 2.24) is 14.5 Å². The third-order valence-corrected chi connectivity index (χ3v) is 3.10. The fraction of sp³-hybridized carbons (Fsp3) is 0.571. The van der Waals surface area contributed by atoms with Crippen LogP contribution in [0.15, 0.2) is 17.3 Å². The zero-order valence-electron chi connectivity index (χ0n) is 8.38. The van der Waals surface area contributed by atoms with E-state index in [1.807, 2.05) is 6.92 Å². The van der Waals surface area contributed by atoms with Crippen molar-refractivity contribution in [1.29, 1.82) is 0 Å². The first-order valence-electron chi connectivity index (χ1n) is 4.32. The summed E-state index contributed by atoms with van der Waals surface area (Å²) in [6.45, 7) is 3.05. The number of aromatic nitrogens is 2. The summed E-state index contributed by atoms with van der Waals surface area (Å²) in [4.78, 5) is 0.174. The van der Waals surface area contributed by atoms with Crippen LogP contribution in [0.1, 0.15) is 6.92 Å². The Morgan fingerprint density at radius 1 is 1.60 bits per heavy atom. The number of aryl methyl sites for hydroxylation is 1. The molecule has 3 N–H and O–H groups in total. The van der Waals surface area contributed by atoms with Gasteiger partial charge in [-0.05, 0) is 6.92 Å². The van der Waals surface area contributed by atoms with E-state index in [-0.39, 0.29) is 30.4 Å². The first kappa shape index (κ1) is 14.4. The number of hydrogen-bond donors (Lipinski definition) is 2. The van der Waals surface area contributed by atoms with Crippen LogP contribution >= 0.6 is 12.4 Å². The van der Waals surface area contributed by atoms with Gasteiger partial charge in [-0.3, -0.25) is 4.68 Å². The highest BCUT2D eigenvalue weighted by molar-refractivity contribution is 7.89. The van der Waals surface area contributed by atoms with Gasteiger partial charge >= 0.3 is 0 Å². The molecular formula is C7H15ClN4O2S. The summed E-state index contributed by atoms with van der Waals surface area (Å²) in [5.41, 5.74) is 5.20. The molecule has 0 aliphatic rings. The van der Waals surface area contributed by atoms with Gasteiger partial charge in [0, 0.05) is 25.8 Å². The highest BCUT2D eigenvalue weighted by atomic mass is 35.5. The molecule has 0 saturated carbocycles. The summed E-state index contributed by atoms with van der Waals surface area (Å²) in [6.07, 6.45) is 2.81. The Kier molecular flexibility index (Phi) is 5.81. The predicted molar refractivity (Wildman–Crippen MR) is 59.4 cm³/mol. The third kappa shape index (κ3) is 3.78. The van der Waals surface area contributed by atoms with E-state index in [1.54, 1.807) is 4.68 Å². The van der Waals surface area contributed by atoms with Gasteiger partial charge in [0.25, 0.3) is 0 Å². The summed E-state index contributed by atoms with van der Waals surface area (Å²) in [5, 5.41) is 3.88. The van der Waals surface area contributed by atoms with Gasteiger partial charge in [0.05, 0.1) is 6.20 Å². The lowest BCUT2D eigenvalue weighted by atomic mass is 10.7. The van der Waals surface area contributed by atoms with E-state index >= 15 is 0 Å². The van der Waals surface area contributed by atoms with Crippen molar-refractivity contribution >= 4 is 22.4 Å². The fourth-order valence-corrected chi connectivity index (χ4v) is 1.93. The van der Waals surface area contributed by atoms with E-state index in [1.165, 1.54) is 12.4 Å². The van der Waals surface area contributed by atoms with Crippen LogP contribution < -0.4 is 10.5 Å². The minimum absolute atomic E-state index is 0. The van der Waals surface area contributed by atoms with E-state index in [9.17, 15) is 8.42 Å². The van der Waals surface area contributed by atoms with Crippen molar-refractivity contribution in [2.45, 2.75) is 18.4 Å². The molecule has 0 radical (unpaired) electrons. The Bertz CT molecular complexity index is 389. The lowest BCUT2D eigenvalue weighted by molar-refractivity contribution is 0.581. The molecule has 1 rings (SSSR count). The van der Waals surface area contributed by atoms with Crippen LogP contribution in [-0.4, -0.2) is 31.3 Å². The molecule has 0 spiro atoms. The van der Waals surface area contributed by atoms with Gasteiger partial charge < -0.3 is 5.73 Å². The van der Waals surface area contributed by atoms with Gasteiger partial charge in [0.1, 0.15) is 4.90 Å². The topological polar surface area (TPSA) is 90.0 Å². The number of rotatable bonds is 5. The average Bonchev–Trinajstić information content (AvgIpc) is 2.63. The molecule has 88 valence electrons. The second kappa shape index (κ2) is 6.06. The van der Waals surface area contributed by atoms with E-state index < -0.39 is 10.0 Å². The van der Waals surface area contributed by atoms with Gasteiger partial charge in [-0.2, -0.15) is 5.10 Å². The SMILES string of the molecule is CCn1cc(S(=O)(=O)NCCN)cn1.Cl. The molecular weight excluding hydrogens is 240 g/mol. The standard InChI is InChI=1S/C7H14N4O2S.ClH/c1-2-11-6-7(5-9-11)14(12,13)10-4-3-8;/h5-6,10H,2-4,8H2,1H3;1H. The van der Waals surface area contributed by atoms with Crippen LogP contribution in [0.4, 0.5) is 0 Å². The number of nitrogens with one attached hydrogen (secondary N) is 1. The smallest absolute Gasteiger partial charge is 0.243 e. The van der Waals surface area contributed by atoms with Gasteiger partial charge in [-0.1, -0.05) is 0 Å². The van der Waals surface area contributed by atoms with Gasteiger partial charge in [0.2, 0.25) is 10.0 Å². The monoisotopic (exact) mass is 254 g/mol. The molecule has 0 unspecified atom stereocenters. The Morgan fingerprint density at radius 2 is 2.27 bits per heavy atom. The molecule has 0 aliphatic carbocycles. The van der Waals surface area contributed by atoms with Gasteiger partial charge in [-0.15, -0.1) is 12.4 Å². The maximum Gasteiger partial charge on any atom is 0.243 e. The van der Waals surface area contributed by atoms with Gasteiger partial charge in [0.15, 0.2) is 0 Å². The first-order valence-corrected chi connectivity index (χ1v) is 5.80. The van der Waals surface area contributed by atoms with Crippen LogP contribution in [0.3, 0.4) is 0 Å². The quantitative estimate of drug-likeness (QED) is 0.746. The molecule has 0 bridgehead atoms. The number of sulfonamides is 1. The Labute approximate surface area is 95.3 Å². The van der Waals surface area contributed by atoms with Crippen LogP contribution in [0.5, 0.6) is 0 Å². The largest absolute Gasteiger partial charge is 0.329 e. The lowest BCUT2D eigenvalue weighted by Crippen LogP contribution is -2.28. The molecule has 0 fully saturated rings. The van der Waals surface area contributed by atoms with E-state index in [2.05, 4.69) is 9.82 Å². The number of hydrogen-bond acceptors (Lipinski definition) is 4. The molecule has 0 aliphatic heterocycles. The van der Waals surface area contributed by atoms with Crippen molar-refractivity contribution in [2.75, 3.05) is 13.1 Å². The van der Waals surface area contributed by atoms with Crippen molar-refractivity contribution in [2.24, 2.45) is 5.73 Å². The van der Waals surface area contributed by atoms with Crippen LogP contribution in [0, 0.1) is 0 Å². The van der Waals surface area contributed by atoms with Crippen LogP contribution in [-0.2, 0) is 16.6 Å². The zero-order valence-corrected chi connectivity index (χ0v) is 10.0. The first-order chi connectivity index (χ1) is 6.60. The summed E-state index contributed by atoms with van der Waals surface area (Å²) in [7, 11) is -3.43. The predicted octanol–water partition coefficient (Wildman–Crippen LogP) is -0.438. The Hall–Kier alpha value is -0.630. The van der Waals surface area contributed by atoms with Crippen LogP contribution in [0.25, 0.3) is 0 Å². The molecule has 6 nitrogen and oxygen atoms in total. The lowest BCUT2D eigenvalue weighted by Gasteiger charge is -2.01. The van der Waals surface area contributed by atoms with E-state index in [4.69, 9.17) is 5.73 Å². The van der Waals surface area contributed by atoms with E-state index in [0.717, 1.165) is 0 Å². The Balaban J connectivity index is 0.00000196. The highest BCUT2D eigenvalue weighted by Crippen LogP contribution is 2.05. The molecule has 15 heavy (non-hydrogen) atoms. The maximum absolute atomic E-state index is 11.5. The second-order valence-corrected chi connectivity index (χ2v) is 4.49. The molecule has 1 heterocycles. The molecule has 0 aromatic carbocycles. The second-order valence-electron chi connectivity index (χ2n) is 2.72. The minimum Gasteiger partial charge on any atom is -0.329 e. The summed E-state index contributed by atoms with van der Waals surface area (Å²) >= 11 is 0. The molecule has 0 amide bonds. The number of halogens is 1. The minimum atomic E-state index is -3.43. The Morgan fingerprint density at radius 3 is 2.73 bits per heavy atom. The number of nitrogens with two attached hydrogens (primary N) is 1. The maximum atomic E-state index is 11.5. The van der Waals surface area contributed by atoms with Crippen LogP contribution in [0.2, 0.25) is 0 Å². The summed E-state index contributed by atoms with van der Waals surface area (Å²) in [5.74, 6) is 0. The third-order valence-electron chi connectivity index (χ3n) is 1.68. The van der Waals surface area contributed by atoms with Gasteiger partial charge in [-0.25, -0.2) is 13.1 Å². The molecule has 8 heteroatoms.